The summed E-state index contributed by atoms with van der Waals surface area (Å²) in [5, 5.41) is -0.293. The van der Waals surface area contributed by atoms with Gasteiger partial charge in [-0.1, -0.05) is 0 Å². The van der Waals surface area contributed by atoms with Crippen LogP contribution in [-0.2, 0) is 20.2 Å². The van der Waals surface area contributed by atoms with Crippen molar-refractivity contribution in [1.29, 1.82) is 0 Å². The number of unbranched alkanes of at least 4 members (excludes halogenated alkanes) is 1. The molecule has 0 saturated carbocycles. The van der Waals surface area contributed by atoms with Gasteiger partial charge in [-0.25, -0.2) is 32.1 Å². The molecule has 41 heavy (non-hydrogen) atoms. The van der Waals surface area contributed by atoms with Crippen molar-refractivity contribution in [2.24, 2.45) is 4.36 Å². The number of rotatable bonds is 10. The van der Waals surface area contributed by atoms with E-state index < -0.39 is 50.3 Å². The van der Waals surface area contributed by atoms with E-state index in [0.717, 1.165) is 18.3 Å². The number of halogens is 4. The molecule has 2 N–H and O–H groups in total. The average Bonchev–Trinajstić information content (AvgIpc) is 2.82. The van der Waals surface area contributed by atoms with Gasteiger partial charge in [0.05, 0.1) is 34.9 Å². The number of carbonyl (C=O) groups excluding carboxylic acids is 1. The fraction of sp³-hybridized carbons (Fsp3) is 0.370. The van der Waals surface area contributed by atoms with E-state index in [-0.39, 0.29) is 29.8 Å². The summed E-state index contributed by atoms with van der Waals surface area (Å²) >= 11 is 5.68. The Bertz CT molecular complexity index is 1540. The fourth-order valence-corrected chi connectivity index (χ4v) is 4.92. The summed E-state index contributed by atoms with van der Waals surface area (Å²) in [6.07, 6.45) is 2.04. The van der Waals surface area contributed by atoms with Gasteiger partial charge in [-0.2, -0.15) is 0 Å². The highest BCUT2D eigenvalue weighted by Gasteiger charge is 2.21. The van der Waals surface area contributed by atoms with E-state index in [9.17, 15) is 22.2 Å². The maximum atomic E-state index is 14.9. The van der Waals surface area contributed by atoms with E-state index in [4.69, 9.17) is 31.5 Å². The number of nitrogens with two attached hydrogens (primary N) is 1. The van der Waals surface area contributed by atoms with E-state index in [1.165, 1.54) is 6.26 Å². The summed E-state index contributed by atoms with van der Waals surface area (Å²) in [6, 6.07) is 6.80. The molecule has 0 bridgehead atoms. The molecule has 3 rings (SSSR count). The Kier molecular flexibility index (Phi) is 10.4. The van der Waals surface area contributed by atoms with Crippen molar-refractivity contribution < 1.29 is 36.4 Å². The van der Waals surface area contributed by atoms with Crippen LogP contribution in [0.1, 0.15) is 39.2 Å². The summed E-state index contributed by atoms with van der Waals surface area (Å²) in [5.41, 5.74) is 5.36. The van der Waals surface area contributed by atoms with Crippen molar-refractivity contribution >= 4 is 33.1 Å². The molecule has 0 aliphatic heterocycles. The molecule has 0 fully saturated rings. The number of benzene rings is 2. The van der Waals surface area contributed by atoms with E-state index in [2.05, 4.69) is 14.3 Å². The molecule has 9 nitrogen and oxygen atoms in total. The standard InChI is InChI=1S/C27H30ClF3N4O5S/c1-27(2,3)40-26(36)35-41(4,37)15-16-11-17(32)13-18(12-16)38-9-5-6-10-39-24-20(29)8-7-19(22(24)31)23-21(30)14-33-25(28)34-23/h7-8,11-14H,5-6,9-10,15,32H2,1-4H3. The normalized spacial score (nSPS) is 12.9. The number of aromatic nitrogens is 2. The first-order chi connectivity index (χ1) is 19.1. The Labute approximate surface area is 241 Å². The lowest BCUT2D eigenvalue weighted by Gasteiger charge is -2.17. The second kappa shape index (κ2) is 13.4. The van der Waals surface area contributed by atoms with Crippen molar-refractivity contribution in [3.05, 3.63) is 64.8 Å². The summed E-state index contributed by atoms with van der Waals surface area (Å²) in [6.45, 7) is 5.20. The molecule has 1 heterocycles. The topological polar surface area (TPSA) is 126 Å². The van der Waals surface area contributed by atoms with Crippen LogP contribution in [0.2, 0.25) is 5.28 Å². The second-order valence-corrected chi connectivity index (χ2v) is 12.8. The maximum Gasteiger partial charge on any atom is 0.442 e. The lowest BCUT2D eigenvalue weighted by atomic mass is 10.1. The van der Waals surface area contributed by atoms with Crippen molar-refractivity contribution in [3.8, 4) is 22.8 Å². The van der Waals surface area contributed by atoms with Gasteiger partial charge in [0.1, 0.15) is 17.0 Å². The predicted octanol–water partition coefficient (Wildman–Crippen LogP) is 6.57. The highest BCUT2D eigenvalue weighted by molar-refractivity contribution is 7.92. The van der Waals surface area contributed by atoms with Crippen LogP contribution in [0, 0.1) is 17.5 Å². The quantitative estimate of drug-likeness (QED) is 0.154. The Morgan fingerprint density at radius 3 is 2.44 bits per heavy atom. The van der Waals surface area contributed by atoms with E-state index >= 15 is 0 Å². The van der Waals surface area contributed by atoms with Gasteiger partial charge in [0.15, 0.2) is 23.2 Å². The van der Waals surface area contributed by atoms with Gasteiger partial charge in [-0.3, -0.25) is 0 Å². The number of carbonyl (C=O) groups is 1. The highest BCUT2D eigenvalue weighted by atomic mass is 35.5. The van der Waals surface area contributed by atoms with E-state index in [0.29, 0.717) is 29.8 Å². The van der Waals surface area contributed by atoms with Crippen LogP contribution in [-0.4, -0.2) is 45.3 Å². The van der Waals surface area contributed by atoms with Crippen molar-refractivity contribution in [1.82, 2.24) is 9.97 Å². The first-order valence-corrected chi connectivity index (χ1v) is 14.8. The first kappa shape index (κ1) is 31.9. The number of nitrogen functional groups attached to an aromatic ring is 1. The molecule has 0 aliphatic rings. The zero-order chi connectivity index (χ0) is 30.4. The molecule has 1 atom stereocenters. The molecular formula is C27H30ClF3N4O5S. The SMILES string of the molecule is CC(C)(C)OC(=O)N=S(C)(=O)Cc1cc(N)cc(OCCCCOc2c(F)ccc(-c3nc(Cl)ncc3F)c2F)c1. The molecule has 0 saturated heterocycles. The maximum absolute atomic E-state index is 14.9. The van der Waals surface area contributed by atoms with Crippen molar-refractivity contribution in [2.75, 3.05) is 25.2 Å². The molecule has 1 unspecified atom stereocenters. The van der Waals surface area contributed by atoms with Crippen molar-refractivity contribution in [3.63, 3.8) is 0 Å². The van der Waals surface area contributed by atoms with Crippen LogP contribution in [0.25, 0.3) is 11.3 Å². The molecule has 0 radical (unpaired) electrons. The lowest BCUT2D eigenvalue weighted by molar-refractivity contribution is 0.0607. The van der Waals surface area contributed by atoms with Gasteiger partial charge < -0.3 is 19.9 Å². The minimum atomic E-state index is -2.95. The van der Waals surface area contributed by atoms with Gasteiger partial charge in [-0.05, 0) is 75.0 Å². The van der Waals surface area contributed by atoms with Crippen LogP contribution >= 0.6 is 11.6 Å². The molecule has 1 amide bonds. The molecular weight excluding hydrogens is 585 g/mol. The molecule has 0 spiro atoms. The highest BCUT2D eigenvalue weighted by Crippen LogP contribution is 2.32. The molecule has 14 heteroatoms. The Morgan fingerprint density at radius 1 is 1.07 bits per heavy atom. The average molecular weight is 615 g/mol. The minimum absolute atomic E-state index is 0.0528. The minimum Gasteiger partial charge on any atom is -0.494 e. The van der Waals surface area contributed by atoms with Crippen LogP contribution in [0.3, 0.4) is 0 Å². The lowest BCUT2D eigenvalue weighted by Crippen LogP contribution is -2.22. The van der Waals surface area contributed by atoms with Gasteiger partial charge in [-0.15, -0.1) is 4.36 Å². The Balaban J connectivity index is 1.56. The van der Waals surface area contributed by atoms with Crippen LogP contribution < -0.4 is 15.2 Å². The number of anilines is 1. The predicted molar refractivity (Wildman–Crippen MR) is 150 cm³/mol. The number of ether oxygens (including phenoxy) is 3. The Morgan fingerprint density at radius 2 is 1.76 bits per heavy atom. The van der Waals surface area contributed by atoms with E-state index in [1.54, 1.807) is 39.0 Å². The number of hydrogen-bond donors (Lipinski definition) is 1. The molecule has 0 aliphatic carbocycles. The van der Waals surface area contributed by atoms with Gasteiger partial charge >= 0.3 is 6.09 Å². The van der Waals surface area contributed by atoms with Gasteiger partial charge in [0.25, 0.3) is 0 Å². The molecule has 2 aromatic carbocycles. The van der Waals surface area contributed by atoms with Crippen LogP contribution in [0.15, 0.2) is 40.9 Å². The number of nitrogens with zero attached hydrogens (tertiary/aromatic N) is 3. The third-order valence-electron chi connectivity index (χ3n) is 5.16. The van der Waals surface area contributed by atoms with Crippen LogP contribution in [0.5, 0.6) is 11.5 Å². The van der Waals surface area contributed by atoms with Gasteiger partial charge in [0.2, 0.25) is 5.28 Å². The van der Waals surface area contributed by atoms with Crippen molar-refractivity contribution in [2.45, 2.75) is 45.0 Å². The summed E-state index contributed by atoms with van der Waals surface area (Å²) < 4.78 is 76.0. The molecule has 222 valence electrons. The van der Waals surface area contributed by atoms with Gasteiger partial charge in [0, 0.05) is 23.6 Å². The number of hydrogen-bond acceptors (Lipinski definition) is 8. The second-order valence-electron chi connectivity index (χ2n) is 10.1. The molecule has 3 aromatic rings. The zero-order valence-electron chi connectivity index (χ0n) is 22.9. The summed E-state index contributed by atoms with van der Waals surface area (Å²) in [4.78, 5) is 19.1. The summed E-state index contributed by atoms with van der Waals surface area (Å²) in [5.74, 6) is -3.31. The largest absolute Gasteiger partial charge is 0.494 e. The first-order valence-electron chi connectivity index (χ1n) is 12.4. The summed E-state index contributed by atoms with van der Waals surface area (Å²) in [7, 11) is -2.95. The fourth-order valence-electron chi connectivity index (χ4n) is 3.58. The smallest absolute Gasteiger partial charge is 0.442 e. The van der Waals surface area contributed by atoms with Crippen LogP contribution in [0.4, 0.5) is 23.7 Å². The third-order valence-corrected chi connectivity index (χ3v) is 6.74. The zero-order valence-corrected chi connectivity index (χ0v) is 24.5. The third kappa shape index (κ3) is 9.78. The number of amides is 1. The molecule has 1 aromatic heterocycles. The monoisotopic (exact) mass is 614 g/mol. The Hall–Kier alpha value is -3.58. The van der Waals surface area contributed by atoms with E-state index in [1.807, 2.05) is 0 Å².